The zero-order chi connectivity index (χ0) is 26.9. The van der Waals surface area contributed by atoms with Crippen LogP contribution >= 0.6 is 0 Å². The molecule has 9 nitrogen and oxygen atoms in total. The van der Waals surface area contributed by atoms with E-state index in [1.807, 2.05) is 6.92 Å². The van der Waals surface area contributed by atoms with Gasteiger partial charge < -0.3 is 24.4 Å². The summed E-state index contributed by atoms with van der Waals surface area (Å²) in [4.78, 5) is 55.2. The Morgan fingerprint density at radius 2 is 1.95 bits per heavy atom. The highest BCUT2D eigenvalue weighted by Gasteiger charge is 2.48. The van der Waals surface area contributed by atoms with Crippen molar-refractivity contribution in [1.29, 1.82) is 0 Å². The van der Waals surface area contributed by atoms with Crippen LogP contribution in [0.1, 0.15) is 59.5 Å². The van der Waals surface area contributed by atoms with Crippen LogP contribution in [0.5, 0.6) is 5.75 Å². The minimum atomic E-state index is -0.825. The predicted octanol–water partition coefficient (Wildman–Crippen LogP) is 2.27. The van der Waals surface area contributed by atoms with Crippen molar-refractivity contribution in [3.8, 4) is 5.75 Å². The van der Waals surface area contributed by atoms with Gasteiger partial charge in [-0.3, -0.25) is 19.2 Å². The Hall–Kier alpha value is -3.76. The van der Waals surface area contributed by atoms with Crippen molar-refractivity contribution >= 4 is 17.7 Å². The SMILES string of the molecule is CCCCOc1c2n(cc(C(=O)NCc3ccc(F)cc3F)c1=O)C1(CCN(C(C)=O)C1)CN(C)C2=O. The molecule has 0 radical (unpaired) electrons. The number of unbranched alkanes of at least 4 members (excludes halogenated alkanes) is 1. The molecule has 1 fully saturated rings. The van der Waals surface area contributed by atoms with Gasteiger partial charge in [0.15, 0.2) is 11.4 Å². The first-order valence-electron chi connectivity index (χ1n) is 12.2. The number of benzene rings is 1. The molecule has 3 amide bonds. The minimum absolute atomic E-state index is 0.0429. The second-order valence-corrected chi connectivity index (χ2v) is 9.62. The number of nitrogens with one attached hydrogen (secondary N) is 1. The zero-order valence-corrected chi connectivity index (χ0v) is 21.1. The first kappa shape index (κ1) is 26.3. The van der Waals surface area contributed by atoms with Crippen molar-refractivity contribution in [3.63, 3.8) is 0 Å². The number of hydrogen-bond donors (Lipinski definition) is 1. The number of rotatable bonds is 7. The van der Waals surface area contributed by atoms with Crippen molar-refractivity contribution in [2.24, 2.45) is 0 Å². The molecule has 1 aromatic heterocycles. The molecule has 1 aromatic carbocycles. The van der Waals surface area contributed by atoms with Gasteiger partial charge in [0.1, 0.15) is 17.2 Å². The number of likely N-dealkylation sites (N-methyl/N-ethyl adjacent to an activating group) is 1. The van der Waals surface area contributed by atoms with Gasteiger partial charge in [0.05, 0.1) is 12.1 Å². The molecule has 0 bridgehead atoms. The first-order valence-corrected chi connectivity index (χ1v) is 12.2. The van der Waals surface area contributed by atoms with Crippen molar-refractivity contribution in [2.75, 3.05) is 33.3 Å². The van der Waals surface area contributed by atoms with E-state index in [0.717, 1.165) is 12.5 Å². The molecule has 37 heavy (non-hydrogen) atoms. The third-order valence-electron chi connectivity index (χ3n) is 6.98. The molecule has 1 unspecified atom stereocenters. The molecule has 1 atom stereocenters. The Bertz CT molecular complexity index is 1310. The quantitative estimate of drug-likeness (QED) is 0.569. The van der Waals surface area contributed by atoms with Crippen LogP contribution in [-0.2, 0) is 16.9 Å². The van der Waals surface area contributed by atoms with Gasteiger partial charge in [-0.1, -0.05) is 19.4 Å². The number of likely N-dealkylation sites (tertiary alicyclic amines) is 1. The summed E-state index contributed by atoms with van der Waals surface area (Å²) in [6, 6.07) is 2.99. The Balaban J connectivity index is 1.78. The van der Waals surface area contributed by atoms with E-state index in [2.05, 4.69) is 5.32 Å². The number of amides is 3. The van der Waals surface area contributed by atoms with Crippen molar-refractivity contribution < 1.29 is 27.9 Å². The number of ether oxygens (including phenoxy) is 1. The number of fused-ring (bicyclic) bond motifs is 2. The number of carbonyl (C=O) groups is 3. The highest BCUT2D eigenvalue weighted by atomic mass is 19.1. The highest BCUT2D eigenvalue weighted by molar-refractivity contribution is 5.99. The normalized spacial score (nSPS) is 18.8. The number of hydrogen-bond acceptors (Lipinski definition) is 5. The van der Waals surface area contributed by atoms with Crippen molar-refractivity contribution in [1.82, 2.24) is 19.7 Å². The topological polar surface area (TPSA) is 101 Å². The average molecular weight is 517 g/mol. The number of halogens is 2. The molecule has 2 aliphatic heterocycles. The van der Waals surface area contributed by atoms with Crippen LogP contribution in [0.4, 0.5) is 8.78 Å². The molecule has 1 saturated heterocycles. The third-order valence-corrected chi connectivity index (χ3v) is 6.98. The smallest absolute Gasteiger partial charge is 0.274 e. The van der Waals surface area contributed by atoms with Gasteiger partial charge in [-0.25, -0.2) is 8.78 Å². The van der Waals surface area contributed by atoms with Crippen LogP contribution in [0.2, 0.25) is 0 Å². The predicted molar refractivity (Wildman–Crippen MR) is 130 cm³/mol. The largest absolute Gasteiger partial charge is 0.487 e. The van der Waals surface area contributed by atoms with Gasteiger partial charge in [-0.2, -0.15) is 0 Å². The van der Waals surface area contributed by atoms with Crippen molar-refractivity contribution in [2.45, 2.75) is 45.2 Å². The molecule has 1 N–H and O–H groups in total. The number of pyridine rings is 1. The summed E-state index contributed by atoms with van der Waals surface area (Å²) in [5.74, 6) is -3.11. The highest BCUT2D eigenvalue weighted by Crippen LogP contribution is 2.37. The van der Waals surface area contributed by atoms with Crippen LogP contribution in [-0.4, -0.2) is 65.4 Å². The maximum Gasteiger partial charge on any atom is 0.274 e. The molecule has 11 heteroatoms. The average Bonchev–Trinajstić information content (AvgIpc) is 3.28. The molecule has 198 valence electrons. The summed E-state index contributed by atoms with van der Waals surface area (Å²) in [5.41, 5.74) is -1.68. The third kappa shape index (κ3) is 4.94. The molecule has 0 saturated carbocycles. The van der Waals surface area contributed by atoms with E-state index in [1.54, 1.807) is 16.5 Å². The molecule has 3 heterocycles. The lowest BCUT2D eigenvalue weighted by Gasteiger charge is -2.42. The van der Waals surface area contributed by atoms with Crippen LogP contribution in [0.25, 0.3) is 0 Å². The summed E-state index contributed by atoms with van der Waals surface area (Å²) in [5, 5.41) is 2.51. The Kier molecular flexibility index (Phi) is 7.33. The van der Waals surface area contributed by atoms with Crippen LogP contribution in [0.3, 0.4) is 0 Å². The summed E-state index contributed by atoms with van der Waals surface area (Å²) < 4.78 is 34.7. The molecule has 2 aliphatic rings. The Morgan fingerprint density at radius 1 is 1.19 bits per heavy atom. The van der Waals surface area contributed by atoms with E-state index >= 15 is 0 Å². The summed E-state index contributed by atoms with van der Waals surface area (Å²) in [6.07, 6.45) is 3.27. The van der Waals surface area contributed by atoms with Gasteiger partial charge in [-0.05, 0) is 18.9 Å². The van der Waals surface area contributed by atoms with Crippen LogP contribution in [0, 0.1) is 11.6 Å². The fraction of sp³-hybridized carbons (Fsp3) is 0.462. The molecule has 2 aromatic rings. The van der Waals surface area contributed by atoms with E-state index < -0.39 is 34.4 Å². The second-order valence-electron chi connectivity index (χ2n) is 9.62. The standard InChI is InChI=1S/C26H30F2N4O5/c1-4-5-10-37-23-21-25(36)30(3)14-26(8-9-31(15-26)16(2)33)32(21)13-19(22(23)34)24(35)29-12-17-6-7-18(27)11-20(17)28/h6-7,11,13H,4-5,8-10,12,14-15H2,1-3H3,(H,29,35). The van der Waals surface area contributed by atoms with Crippen LogP contribution < -0.4 is 15.5 Å². The van der Waals surface area contributed by atoms with E-state index in [-0.39, 0.29) is 48.2 Å². The van der Waals surface area contributed by atoms with Gasteiger partial charge in [0.2, 0.25) is 11.3 Å². The lowest BCUT2D eigenvalue weighted by Crippen LogP contribution is -2.55. The first-order chi connectivity index (χ1) is 17.6. The van der Waals surface area contributed by atoms with Crippen LogP contribution in [0.15, 0.2) is 29.2 Å². The Labute approximate surface area is 213 Å². The van der Waals surface area contributed by atoms with Gasteiger partial charge in [0, 0.05) is 58.0 Å². The molecular formula is C26H30F2N4O5. The molecular weight excluding hydrogens is 486 g/mol. The monoisotopic (exact) mass is 516 g/mol. The summed E-state index contributed by atoms with van der Waals surface area (Å²) in [6.45, 7) is 4.36. The number of nitrogens with zero attached hydrogens (tertiary/aromatic N) is 3. The van der Waals surface area contributed by atoms with Gasteiger partial charge >= 0.3 is 0 Å². The molecule has 1 spiro atoms. The lowest BCUT2D eigenvalue weighted by atomic mass is 9.92. The van der Waals surface area contributed by atoms with E-state index in [0.29, 0.717) is 32.0 Å². The summed E-state index contributed by atoms with van der Waals surface area (Å²) >= 11 is 0. The van der Waals surface area contributed by atoms with Crippen molar-refractivity contribution in [3.05, 3.63) is 63.1 Å². The van der Waals surface area contributed by atoms with E-state index in [1.165, 1.54) is 24.1 Å². The minimum Gasteiger partial charge on any atom is -0.487 e. The van der Waals surface area contributed by atoms with Gasteiger partial charge in [0.25, 0.3) is 11.8 Å². The zero-order valence-electron chi connectivity index (χ0n) is 21.1. The maximum absolute atomic E-state index is 14.1. The summed E-state index contributed by atoms with van der Waals surface area (Å²) in [7, 11) is 1.63. The second kappa shape index (κ2) is 10.3. The Morgan fingerprint density at radius 3 is 2.59 bits per heavy atom. The van der Waals surface area contributed by atoms with E-state index in [4.69, 9.17) is 4.74 Å². The molecule has 0 aliphatic carbocycles. The maximum atomic E-state index is 14.1. The number of carbonyl (C=O) groups excluding carboxylic acids is 3. The fourth-order valence-electron chi connectivity index (χ4n) is 4.94. The fourth-order valence-corrected chi connectivity index (χ4v) is 4.94. The van der Waals surface area contributed by atoms with Gasteiger partial charge in [-0.15, -0.1) is 0 Å². The molecule has 4 rings (SSSR count). The lowest BCUT2D eigenvalue weighted by molar-refractivity contribution is -0.128. The van der Waals surface area contributed by atoms with E-state index in [9.17, 15) is 28.0 Å². The number of aromatic nitrogens is 1.